The Kier molecular flexibility index (Phi) is 7.18. The molecule has 0 fully saturated rings. The Morgan fingerprint density at radius 2 is 2.00 bits per heavy atom. The number of halogens is 1. The van der Waals surface area contributed by atoms with E-state index in [4.69, 9.17) is 0 Å². The Morgan fingerprint density at radius 3 is 2.63 bits per heavy atom. The molecule has 1 rings (SSSR count). The van der Waals surface area contributed by atoms with Crippen molar-refractivity contribution in [2.75, 3.05) is 13.7 Å². The zero-order chi connectivity index (χ0) is 14.1. The van der Waals surface area contributed by atoms with Gasteiger partial charge in [0.05, 0.1) is 7.11 Å². The quantitative estimate of drug-likeness (QED) is 0.616. The molecule has 19 heavy (non-hydrogen) atoms. The number of carbonyl (C=O) groups excluding carboxylic acids is 2. The van der Waals surface area contributed by atoms with Crippen LogP contribution in [0.3, 0.4) is 0 Å². The number of alkyl halides is 1. The lowest BCUT2D eigenvalue weighted by Gasteiger charge is -2.09. The summed E-state index contributed by atoms with van der Waals surface area (Å²) in [6.45, 7) is 0.247. The monoisotopic (exact) mass is 327 g/mol. The first-order valence-electron chi connectivity index (χ1n) is 6.16. The van der Waals surface area contributed by atoms with Crippen LogP contribution in [0.2, 0.25) is 0 Å². The van der Waals surface area contributed by atoms with Gasteiger partial charge in [-0.05, 0) is 18.4 Å². The molecule has 1 atom stereocenters. The summed E-state index contributed by atoms with van der Waals surface area (Å²) in [6.07, 6.45) is 2.12. The van der Waals surface area contributed by atoms with E-state index in [0.717, 1.165) is 12.8 Å². The van der Waals surface area contributed by atoms with Crippen molar-refractivity contribution in [2.24, 2.45) is 0 Å². The molecule has 1 N–H and O–H groups in total. The SMILES string of the molecule is COC(=O)C(Br)CNC(=O)CCCc1ccccc1. The summed E-state index contributed by atoms with van der Waals surface area (Å²) in [6, 6.07) is 10.0. The Hall–Kier alpha value is -1.36. The second-order valence-corrected chi connectivity index (χ2v) is 5.24. The highest BCUT2D eigenvalue weighted by molar-refractivity contribution is 9.10. The molecule has 1 aromatic carbocycles. The summed E-state index contributed by atoms with van der Waals surface area (Å²) in [5, 5.41) is 2.70. The Labute approximate surface area is 121 Å². The summed E-state index contributed by atoms with van der Waals surface area (Å²) in [7, 11) is 1.32. The molecule has 1 amide bonds. The van der Waals surface area contributed by atoms with Gasteiger partial charge in [0.2, 0.25) is 5.91 Å². The minimum absolute atomic E-state index is 0.0516. The van der Waals surface area contributed by atoms with Crippen LogP contribution in [-0.4, -0.2) is 30.4 Å². The molecule has 0 aliphatic rings. The smallest absolute Gasteiger partial charge is 0.321 e. The summed E-state index contributed by atoms with van der Waals surface area (Å²) >= 11 is 3.15. The van der Waals surface area contributed by atoms with Crippen LogP contribution in [0.4, 0.5) is 0 Å². The highest BCUT2D eigenvalue weighted by Gasteiger charge is 2.15. The van der Waals surface area contributed by atoms with Gasteiger partial charge in [0.15, 0.2) is 0 Å². The second kappa shape index (κ2) is 8.69. The van der Waals surface area contributed by atoms with Crippen LogP contribution in [0.25, 0.3) is 0 Å². The first-order valence-corrected chi connectivity index (χ1v) is 7.07. The number of rotatable bonds is 7. The van der Waals surface area contributed by atoms with Gasteiger partial charge in [0, 0.05) is 13.0 Å². The first-order chi connectivity index (χ1) is 9.13. The average molecular weight is 328 g/mol. The van der Waals surface area contributed by atoms with Crippen LogP contribution in [0.5, 0.6) is 0 Å². The van der Waals surface area contributed by atoms with E-state index in [1.54, 1.807) is 0 Å². The van der Waals surface area contributed by atoms with Crippen LogP contribution in [-0.2, 0) is 20.7 Å². The molecule has 0 bridgehead atoms. The summed E-state index contributed by atoms with van der Waals surface area (Å²) in [5.74, 6) is -0.436. The number of ether oxygens (including phenoxy) is 1. The number of carbonyl (C=O) groups is 2. The number of methoxy groups -OCH3 is 1. The van der Waals surface area contributed by atoms with Crippen molar-refractivity contribution in [3.05, 3.63) is 35.9 Å². The van der Waals surface area contributed by atoms with Crippen molar-refractivity contribution in [3.8, 4) is 0 Å². The van der Waals surface area contributed by atoms with Crippen molar-refractivity contribution in [2.45, 2.75) is 24.1 Å². The predicted octanol–water partition coefficient (Wildman–Crippen LogP) is 2.06. The highest BCUT2D eigenvalue weighted by atomic mass is 79.9. The van der Waals surface area contributed by atoms with Crippen LogP contribution in [0.15, 0.2) is 30.3 Å². The Bertz CT molecular complexity index is 408. The Balaban J connectivity index is 2.16. The molecule has 104 valence electrons. The van der Waals surface area contributed by atoms with E-state index in [0.29, 0.717) is 6.42 Å². The van der Waals surface area contributed by atoms with E-state index in [9.17, 15) is 9.59 Å². The molecule has 0 radical (unpaired) electrons. The fourth-order valence-corrected chi connectivity index (χ4v) is 1.95. The van der Waals surface area contributed by atoms with Crippen molar-refractivity contribution in [1.82, 2.24) is 5.32 Å². The minimum Gasteiger partial charge on any atom is -0.468 e. The van der Waals surface area contributed by atoms with E-state index in [1.165, 1.54) is 12.7 Å². The second-order valence-electron chi connectivity index (χ2n) is 4.13. The minimum atomic E-state index is -0.490. The molecule has 0 aliphatic heterocycles. The summed E-state index contributed by atoms with van der Waals surface area (Å²) in [5.41, 5.74) is 1.23. The predicted molar refractivity (Wildman–Crippen MR) is 77.1 cm³/mol. The van der Waals surface area contributed by atoms with Crippen LogP contribution in [0, 0.1) is 0 Å². The number of aryl methyl sites for hydroxylation is 1. The fraction of sp³-hybridized carbons (Fsp3) is 0.429. The number of hydrogen-bond donors (Lipinski definition) is 1. The van der Waals surface area contributed by atoms with Crippen LogP contribution >= 0.6 is 15.9 Å². The van der Waals surface area contributed by atoms with Gasteiger partial charge in [-0.3, -0.25) is 9.59 Å². The summed E-state index contributed by atoms with van der Waals surface area (Å²) in [4.78, 5) is 22.2. The molecule has 0 saturated heterocycles. The lowest BCUT2D eigenvalue weighted by Crippen LogP contribution is -2.33. The van der Waals surface area contributed by atoms with E-state index >= 15 is 0 Å². The molecule has 0 aromatic heterocycles. The van der Waals surface area contributed by atoms with Crippen LogP contribution in [0.1, 0.15) is 18.4 Å². The average Bonchev–Trinajstić information content (AvgIpc) is 2.45. The number of benzene rings is 1. The molecule has 0 aliphatic carbocycles. The zero-order valence-electron chi connectivity index (χ0n) is 10.9. The molecule has 0 spiro atoms. The van der Waals surface area contributed by atoms with E-state index in [2.05, 4.69) is 26.0 Å². The lowest BCUT2D eigenvalue weighted by atomic mass is 10.1. The molecule has 1 aromatic rings. The number of hydrogen-bond acceptors (Lipinski definition) is 3. The highest BCUT2D eigenvalue weighted by Crippen LogP contribution is 2.05. The van der Waals surface area contributed by atoms with Crippen molar-refractivity contribution >= 4 is 27.8 Å². The topological polar surface area (TPSA) is 55.4 Å². The van der Waals surface area contributed by atoms with Crippen LogP contribution < -0.4 is 5.32 Å². The standard InChI is InChI=1S/C14H18BrNO3/c1-19-14(18)12(15)10-16-13(17)9-5-8-11-6-3-2-4-7-11/h2-4,6-7,12H,5,8-10H2,1H3,(H,16,17). The maximum Gasteiger partial charge on any atom is 0.321 e. The van der Waals surface area contributed by atoms with Gasteiger partial charge in [0.25, 0.3) is 0 Å². The number of amides is 1. The molecular formula is C14H18BrNO3. The number of esters is 1. The third-order valence-corrected chi connectivity index (χ3v) is 3.35. The third-order valence-electron chi connectivity index (χ3n) is 2.65. The van der Waals surface area contributed by atoms with Gasteiger partial charge in [-0.25, -0.2) is 0 Å². The molecule has 4 nitrogen and oxygen atoms in total. The molecular weight excluding hydrogens is 310 g/mol. The maximum atomic E-state index is 11.6. The van der Waals surface area contributed by atoms with Gasteiger partial charge in [-0.15, -0.1) is 0 Å². The van der Waals surface area contributed by atoms with Gasteiger partial charge in [-0.1, -0.05) is 46.3 Å². The van der Waals surface area contributed by atoms with Gasteiger partial charge < -0.3 is 10.1 Å². The maximum absolute atomic E-state index is 11.6. The molecule has 1 unspecified atom stereocenters. The fourth-order valence-electron chi connectivity index (χ4n) is 1.60. The first kappa shape index (κ1) is 15.7. The van der Waals surface area contributed by atoms with Gasteiger partial charge in [-0.2, -0.15) is 0 Å². The van der Waals surface area contributed by atoms with E-state index in [-0.39, 0.29) is 18.4 Å². The van der Waals surface area contributed by atoms with E-state index in [1.807, 2.05) is 30.3 Å². The van der Waals surface area contributed by atoms with Crippen molar-refractivity contribution in [1.29, 1.82) is 0 Å². The van der Waals surface area contributed by atoms with Crippen molar-refractivity contribution < 1.29 is 14.3 Å². The lowest BCUT2D eigenvalue weighted by molar-refractivity contribution is -0.139. The Morgan fingerprint density at radius 1 is 1.32 bits per heavy atom. The molecule has 0 heterocycles. The van der Waals surface area contributed by atoms with E-state index < -0.39 is 4.83 Å². The number of nitrogens with one attached hydrogen (secondary N) is 1. The largest absolute Gasteiger partial charge is 0.468 e. The van der Waals surface area contributed by atoms with Gasteiger partial charge >= 0.3 is 5.97 Å². The van der Waals surface area contributed by atoms with Gasteiger partial charge in [0.1, 0.15) is 4.83 Å². The normalized spacial score (nSPS) is 11.7. The molecule has 0 saturated carbocycles. The zero-order valence-corrected chi connectivity index (χ0v) is 12.5. The summed E-state index contributed by atoms with van der Waals surface area (Å²) < 4.78 is 4.55. The molecule has 5 heteroatoms. The third kappa shape index (κ3) is 6.38. The van der Waals surface area contributed by atoms with Crippen molar-refractivity contribution in [3.63, 3.8) is 0 Å².